The third-order valence-corrected chi connectivity index (χ3v) is 3.47. The molecule has 4 nitrogen and oxygen atoms in total. The summed E-state index contributed by atoms with van der Waals surface area (Å²) >= 11 is 0. The smallest absolute Gasteiger partial charge is 0.138 e. The van der Waals surface area contributed by atoms with E-state index in [0.29, 0.717) is 6.42 Å². The highest BCUT2D eigenvalue weighted by atomic mass is 16.3. The fourth-order valence-electron chi connectivity index (χ4n) is 2.40. The summed E-state index contributed by atoms with van der Waals surface area (Å²) < 4.78 is 1.97. The predicted octanol–water partition coefficient (Wildman–Crippen LogP) is 3.15. The Kier molecular flexibility index (Phi) is 3.24. The first-order valence-electron chi connectivity index (χ1n) is 6.77. The van der Waals surface area contributed by atoms with Gasteiger partial charge in [-0.25, -0.2) is 4.98 Å². The van der Waals surface area contributed by atoms with Gasteiger partial charge in [-0.1, -0.05) is 6.92 Å². The van der Waals surface area contributed by atoms with E-state index in [2.05, 4.69) is 9.97 Å². The Morgan fingerprint density at radius 1 is 1.25 bits per heavy atom. The highest BCUT2D eigenvalue weighted by Gasteiger charge is 2.19. The van der Waals surface area contributed by atoms with Crippen LogP contribution in [0.1, 0.15) is 30.7 Å². The normalized spacial score (nSPS) is 12.8. The summed E-state index contributed by atoms with van der Waals surface area (Å²) in [5.74, 6) is 0. The molecule has 0 aliphatic carbocycles. The van der Waals surface area contributed by atoms with Gasteiger partial charge in [-0.3, -0.25) is 4.98 Å². The van der Waals surface area contributed by atoms with Crippen molar-refractivity contribution in [3.05, 3.63) is 54.1 Å². The van der Waals surface area contributed by atoms with E-state index in [9.17, 15) is 5.11 Å². The molecule has 1 unspecified atom stereocenters. The van der Waals surface area contributed by atoms with E-state index >= 15 is 0 Å². The molecule has 0 saturated heterocycles. The number of aliphatic hydroxyl groups excluding tert-OH is 1. The number of aromatic nitrogens is 3. The van der Waals surface area contributed by atoms with Crippen molar-refractivity contribution in [2.45, 2.75) is 26.4 Å². The molecule has 0 saturated carbocycles. The van der Waals surface area contributed by atoms with Crippen molar-refractivity contribution in [2.75, 3.05) is 0 Å². The fraction of sp³-hybridized carbons (Fsp3) is 0.250. The summed E-state index contributed by atoms with van der Waals surface area (Å²) in [6, 6.07) is 7.88. The highest BCUT2D eigenvalue weighted by molar-refractivity contribution is 5.66. The minimum absolute atomic E-state index is 0.532. The third kappa shape index (κ3) is 2.08. The zero-order valence-corrected chi connectivity index (χ0v) is 11.6. The molecule has 1 N–H and O–H groups in total. The zero-order valence-electron chi connectivity index (χ0n) is 11.6. The van der Waals surface area contributed by atoms with Crippen LogP contribution in [-0.4, -0.2) is 19.5 Å². The molecule has 3 aromatic rings. The second-order valence-electron chi connectivity index (χ2n) is 4.94. The molecule has 0 spiro atoms. The number of aliphatic hydroxyl groups is 1. The van der Waals surface area contributed by atoms with Crippen molar-refractivity contribution in [3.8, 4) is 11.3 Å². The lowest BCUT2D eigenvalue weighted by molar-refractivity contribution is 0.168. The number of fused-ring (bicyclic) bond motifs is 1. The topological polar surface area (TPSA) is 50.4 Å². The van der Waals surface area contributed by atoms with Crippen LogP contribution in [-0.2, 0) is 0 Å². The van der Waals surface area contributed by atoms with Crippen LogP contribution in [0, 0.1) is 6.92 Å². The first-order chi connectivity index (χ1) is 9.70. The van der Waals surface area contributed by atoms with Gasteiger partial charge in [-0.05, 0) is 43.2 Å². The first-order valence-corrected chi connectivity index (χ1v) is 6.77. The van der Waals surface area contributed by atoms with E-state index in [1.54, 1.807) is 12.4 Å². The number of imidazole rings is 1. The molecule has 0 radical (unpaired) electrons. The molecule has 3 rings (SSSR count). The molecule has 102 valence electrons. The van der Waals surface area contributed by atoms with Crippen molar-refractivity contribution >= 4 is 5.65 Å². The second-order valence-corrected chi connectivity index (χ2v) is 4.94. The maximum Gasteiger partial charge on any atom is 0.138 e. The molecule has 0 aliphatic heterocycles. The number of rotatable bonds is 3. The lowest BCUT2D eigenvalue weighted by Crippen LogP contribution is -2.02. The molecule has 3 aromatic heterocycles. The van der Waals surface area contributed by atoms with Crippen LogP contribution in [0.4, 0.5) is 0 Å². The molecule has 3 heterocycles. The molecule has 0 fully saturated rings. The number of pyridine rings is 2. The van der Waals surface area contributed by atoms with Crippen LogP contribution in [0.5, 0.6) is 0 Å². The largest absolute Gasteiger partial charge is 0.387 e. The fourth-order valence-corrected chi connectivity index (χ4v) is 2.40. The SMILES string of the molecule is CCC(O)c1c(-c2ccncc2)nc2cc(C)ccn12. The number of nitrogens with zero attached hydrogens (tertiary/aromatic N) is 3. The summed E-state index contributed by atoms with van der Waals surface area (Å²) in [7, 11) is 0. The van der Waals surface area contributed by atoms with Gasteiger partial charge in [0.15, 0.2) is 0 Å². The number of hydrogen-bond acceptors (Lipinski definition) is 3. The quantitative estimate of drug-likeness (QED) is 0.793. The summed E-state index contributed by atoms with van der Waals surface area (Å²) in [5, 5.41) is 10.4. The minimum Gasteiger partial charge on any atom is -0.387 e. The van der Waals surface area contributed by atoms with Gasteiger partial charge in [-0.2, -0.15) is 0 Å². The van der Waals surface area contributed by atoms with E-state index in [1.165, 1.54) is 0 Å². The summed E-state index contributed by atoms with van der Waals surface area (Å²) in [4.78, 5) is 8.72. The Balaban J connectivity index is 2.30. The molecular formula is C16H17N3O. The number of aryl methyl sites for hydroxylation is 1. The van der Waals surface area contributed by atoms with Gasteiger partial charge in [0.05, 0.1) is 17.5 Å². The average molecular weight is 267 g/mol. The third-order valence-electron chi connectivity index (χ3n) is 3.47. The second kappa shape index (κ2) is 5.06. The van der Waals surface area contributed by atoms with Crippen LogP contribution >= 0.6 is 0 Å². The van der Waals surface area contributed by atoms with E-state index in [-0.39, 0.29) is 0 Å². The van der Waals surface area contributed by atoms with Crippen molar-refractivity contribution in [3.63, 3.8) is 0 Å². The Bertz CT molecular complexity index is 734. The highest BCUT2D eigenvalue weighted by Crippen LogP contribution is 2.30. The van der Waals surface area contributed by atoms with E-state index in [0.717, 1.165) is 28.2 Å². The molecule has 0 aliphatic rings. The average Bonchev–Trinajstić information content (AvgIpc) is 2.85. The van der Waals surface area contributed by atoms with Crippen molar-refractivity contribution in [1.29, 1.82) is 0 Å². The van der Waals surface area contributed by atoms with E-state index in [1.807, 2.05) is 48.7 Å². The van der Waals surface area contributed by atoms with Crippen LogP contribution in [0.2, 0.25) is 0 Å². The van der Waals surface area contributed by atoms with Crippen molar-refractivity contribution < 1.29 is 5.11 Å². The lowest BCUT2D eigenvalue weighted by Gasteiger charge is -2.10. The molecule has 20 heavy (non-hydrogen) atoms. The van der Waals surface area contributed by atoms with E-state index in [4.69, 9.17) is 0 Å². The Morgan fingerprint density at radius 3 is 2.70 bits per heavy atom. The standard InChI is InChI=1S/C16H17N3O/c1-3-13(20)16-15(12-4-7-17-8-5-12)18-14-10-11(2)6-9-19(14)16/h4-10,13,20H,3H2,1-2H3. The Labute approximate surface area is 117 Å². The van der Waals surface area contributed by atoms with Crippen molar-refractivity contribution in [2.24, 2.45) is 0 Å². The summed E-state index contributed by atoms with van der Waals surface area (Å²) in [6.45, 7) is 4.01. The van der Waals surface area contributed by atoms with Crippen LogP contribution in [0.3, 0.4) is 0 Å². The van der Waals surface area contributed by atoms with Crippen LogP contribution in [0.15, 0.2) is 42.9 Å². The van der Waals surface area contributed by atoms with Gasteiger partial charge >= 0.3 is 0 Å². The molecule has 0 aromatic carbocycles. The Hall–Kier alpha value is -2.20. The minimum atomic E-state index is -0.532. The van der Waals surface area contributed by atoms with Gasteiger partial charge in [0, 0.05) is 24.2 Å². The van der Waals surface area contributed by atoms with Gasteiger partial charge in [0.2, 0.25) is 0 Å². The lowest BCUT2D eigenvalue weighted by atomic mass is 10.1. The monoisotopic (exact) mass is 267 g/mol. The molecule has 0 amide bonds. The van der Waals surface area contributed by atoms with E-state index < -0.39 is 6.10 Å². The van der Waals surface area contributed by atoms with Crippen LogP contribution in [0.25, 0.3) is 16.9 Å². The maximum absolute atomic E-state index is 10.4. The predicted molar refractivity (Wildman–Crippen MR) is 78.4 cm³/mol. The first kappa shape index (κ1) is 12.8. The molecular weight excluding hydrogens is 250 g/mol. The number of hydrogen-bond donors (Lipinski definition) is 1. The summed E-state index contributed by atoms with van der Waals surface area (Å²) in [5.41, 5.74) is 4.66. The van der Waals surface area contributed by atoms with Crippen LogP contribution < -0.4 is 0 Å². The van der Waals surface area contributed by atoms with Gasteiger partial charge in [-0.15, -0.1) is 0 Å². The van der Waals surface area contributed by atoms with Gasteiger partial charge in [0.25, 0.3) is 0 Å². The molecule has 0 bridgehead atoms. The maximum atomic E-state index is 10.4. The van der Waals surface area contributed by atoms with Gasteiger partial charge < -0.3 is 9.51 Å². The molecule has 4 heteroatoms. The Morgan fingerprint density at radius 2 is 2.00 bits per heavy atom. The summed E-state index contributed by atoms with van der Waals surface area (Å²) in [6.07, 6.45) is 5.58. The van der Waals surface area contributed by atoms with Gasteiger partial charge in [0.1, 0.15) is 5.65 Å². The van der Waals surface area contributed by atoms with Crippen molar-refractivity contribution in [1.82, 2.24) is 14.4 Å². The zero-order chi connectivity index (χ0) is 14.1. The molecule has 1 atom stereocenters.